The van der Waals surface area contributed by atoms with E-state index in [0.717, 1.165) is 11.1 Å². The molecule has 1 rings (SSSR count). The fourth-order valence-electron chi connectivity index (χ4n) is 1.17. The third kappa shape index (κ3) is 2.35. The summed E-state index contributed by atoms with van der Waals surface area (Å²) < 4.78 is 0. The Morgan fingerprint density at radius 3 is 1.73 bits per heavy atom. The van der Waals surface area contributed by atoms with E-state index in [1.165, 1.54) is 5.56 Å². The Labute approximate surface area is 82.3 Å². The number of aromatic hydroxyl groups is 1. The Morgan fingerprint density at radius 1 is 1.00 bits per heavy atom. The van der Waals surface area contributed by atoms with Crippen LogP contribution in [0.15, 0.2) is 12.1 Å². The van der Waals surface area contributed by atoms with Gasteiger partial charge < -0.3 is 5.11 Å². The second-order valence-electron chi connectivity index (χ2n) is 2.75. The summed E-state index contributed by atoms with van der Waals surface area (Å²) in [4.78, 5) is 0. The van der Waals surface area contributed by atoms with Crippen LogP contribution in [-0.4, -0.2) is 5.11 Å². The monoisotopic (exact) mass is 184 g/mol. The van der Waals surface area contributed by atoms with Gasteiger partial charge in [-0.2, -0.15) is 0 Å². The summed E-state index contributed by atoms with van der Waals surface area (Å²) in [6.45, 7) is 5.85. The van der Waals surface area contributed by atoms with Crippen LogP contribution in [0.25, 0.3) is 0 Å². The van der Waals surface area contributed by atoms with Gasteiger partial charge in [-0.05, 0) is 31.9 Å². The largest absolute Gasteiger partial charge is 0.507 e. The van der Waals surface area contributed by atoms with Gasteiger partial charge in [0, 0.05) is 21.7 Å². The zero-order chi connectivity index (χ0) is 7.72. The number of hydrogen-bond acceptors (Lipinski definition) is 1. The molecular formula is C9H12OTi. The van der Waals surface area contributed by atoms with Crippen molar-refractivity contribution in [2.24, 2.45) is 0 Å². The minimum absolute atomic E-state index is 0. The number of phenols is 1. The van der Waals surface area contributed by atoms with Crippen molar-refractivity contribution in [3.63, 3.8) is 0 Å². The molecule has 1 N–H and O–H groups in total. The van der Waals surface area contributed by atoms with E-state index >= 15 is 0 Å². The molecule has 0 aliphatic rings. The second-order valence-corrected chi connectivity index (χ2v) is 2.75. The summed E-state index contributed by atoms with van der Waals surface area (Å²) in [5, 5.41) is 9.33. The van der Waals surface area contributed by atoms with Gasteiger partial charge in [-0.25, -0.2) is 0 Å². The van der Waals surface area contributed by atoms with Gasteiger partial charge in [-0.3, -0.25) is 0 Å². The first kappa shape index (κ1) is 10.7. The van der Waals surface area contributed by atoms with E-state index in [1.54, 1.807) is 0 Å². The molecule has 0 aromatic heterocycles. The Morgan fingerprint density at radius 2 is 1.36 bits per heavy atom. The van der Waals surface area contributed by atoms with E-state index in [4.69, 9.17) is 0 Å². The predicted molar refractivity (Wildman–Crippen MR) is 42.3 cm³/mol. The first-order valence-corrected chi connectivity index (χ1v) is 3.38. The topological polar surface area (TPSA) is 20.2 Å². The van der Waals surface area contributed by atoms with Gasteiger partial charge in [0.1, 0.15) is 5.75 Å². The van der Waals surface area contributed by atoms with Crippen molar-refractivity contribution in [1.29, 1.82) is 0 Å². The molecule has 0 heterocycles. The maximum absolute atomic E-state index is 9.33. The summed E-state index contributed by atoms with van der Waals surface area (Å²) >= 11 is 0. The minimum Gasteiger partial charge on any atom is -0.507 e. The van der Waals surface area contributed by atoms with Gasteiger partial charge in [0.2, 0.25) is 0 Å². The Bertz CT molecular complexity index is 233. The van der Waals surface area contributed by atoms with Crippen LogP contribution in [0.1, 0.15) is 16.7 Å². The minimum atomic E-state index is 0. The molecule has 1 aromatic rings. The van der Waals surface area contributed by atoms with Crippen molar-refractivity contribution < 1.29 is 26.8 Å². The van der Waals surface area contributed by atoms with Gasteiger partial charge in [-0.15, -0.1) is 0 Å². The van der Waals surface area contributed by atoms with Gasteiger partial charge in [0.15, 0.2) is 0 Å². The van der Waals surface area contributed by atoms with Crippen LogP contribution in [0.3, 0.4) is 0 Å². The fourth-order valence-corrected chi connectivity index (χ4v) is 1.17. The molecule has 0 spiro atoms. The predicted octanol–water partition coefficient (Wildman–Crippen LogP) is 2.31. The second kappa shape index (κ2) is 3.94. The summed E-state index contributed by atoms with van der Waals surface area (Å²) in [7, 11) is 0. The zero-order valence-electron chi connectivity index (χ0n) is 7.10. The number of benzene rings is 1. The molecule has 0 fully saturated rings. The van der Waals surface area contributed by atoms with E-state index in [2.05, 4.69) is 0 Å². The normalized spacial score (nSPS) is 9.00. The Kier molecular flexibility index (Phi) is 3.84. The first-order chi connectivity index (χ1) is 4.61. The van der Waals surface area contributed by atoms with Crippen LogP contribution in [0.5, 0.6) is 5.75 Å². The maximum Gasteiger partial charge on any atom is 0.121 e. The molecule has 2 heteroatoms. The zero-order valence-corrected chi connectivity index (χ0v) is 8.66. The van der Waals surface area contributed by atoms with Crippen LogP contribution in [-0.2, 0) is 21.7 Å². The molecule has 0 saturated heterocycles. The molecule has 0 saturated carbocycles. The van der Waals surface area contributed by atoms with Crippen LogP contribution in [0.4, 0.5) is 0 Å². The third-order valence-electron chi connectivity index (χ3n) is 1.64. The third-order valence-corrected chi connectivity index (χ3v) is 1.64. The summed E-state index contributed by atoms with van der Waals surface area (Å²) in [5.41, 5.74) is 3.11. The van der Waals surface area contributed by atoms with Crippen LogP contribution < -0.4 is 0 Å². The molecule has 0 bridgehead atoms. The molecule has 0 radical (unpaired) electrons. The molecule has 1 nitrogen and oxygen atoms in total. The molecule has 0 unspecified atom stereocenters. The van der Waals surface area contributed by atoms with Gasteiger partial charge in [0.05, 0.1) is 0 Å². The van der Waals surface area contributed by atoms with Crippen molar-refractivity contribution in [1.82, 2.24) is 0 Å². The molecule has 0 amide bonds. The van der Waals surface area contributed by atoms with E-state index < -0.39 is 0 Å². The van der Waals surface area contributed by atoms with Crippen LogP contribution >= 0.6 is 0 Å². The first-order valence-electron chi connectivity index (χ1n) is 3.38. The van der Waals surface area contributed by atoms with Gasteiger partial charge >= 0.3 is 0 Å². The number of rotatable bonds is 0. The number of phenolic OH excluding ortho intramolecular Hbond substituents is 1. The SMILES string of the molecule is Cc1cc(C)c(O)c(C)c1.[Ti]. The van der Waals surface area contributed by atoms with Crippen LogP contribution in [0, 0.1) is 20.8 Å². The fraction of sp³-hybridized carbons (Fsp3) is 0.333. The van der Waals surface area contributed by atoms with Gasteiger partial charge in [-0.1, -0.05) is 17.7 Å². The van der Waals surface area contributed by atoms with E-state index in [0.29, 0.717) is 5.75 Å². The van der Waals surface area contributed by atoms with Gasteiger partial charge in [0.25, 0.3) is 0 Å². The van der Waals surface area contributed by atoms with Crippen molar-refractivity contribution in [2.45, 2.75) is 20.8 Å². The van der Waals surface area contributed by atoms with E-state index in [1.807, 2.05) is 32.9 Å². The summed E-state index contributed by atoms with van der Waals surface area (Å²) in [6.07, 6.45) is 0. The van der Waals surface area contributed by atoms with Crippen molar-refractivity contribution >= 4 is 0 Å². The molecule has 58 valence electrons. The average molecular weight is 184 g/mol. The standard InChI is InChI=1S/C9H12O.Ti/c1-6-4-7(2)9(10)8(3)5-6;/h4-5,10H,1-3H3;. The molecular weight excluding hydrogens is 172 g/mol. The molecule has 11 heavy (non-hydrogen) atoms. The number of hydrogen-bond donors (Lipinski definition) is 1. The van der Waals surface area contributed by atoms with Crippen LogP contribution in [0.2, 0.25) is 0 Å². The molecule has 0 aliphatic carbocycles. The van der Waals surface area contributed by atoms with Crippen molar-refractivity contribution in [3.8, 4) is 5.75 Å². The van der Waals surface area contributed by atoms with E-state index in [9.17, 15) is 5.11 Å². The quantitative estimate of drug-likeness (QED) is 0.613. The summed E-state index contributed by atoms with van der Waals surface area (Å²) in [5.74, 6) is 0.422. The smallest absolute Gasteiger partial charge is 0.121 e. The average Bonchev–Trinajstić information content (AvgIpc) is 1.82. The van der Waals surface area contributed by atoms with Crippen molar-refractivity contribution in [3.05, 3.63) is 28.8 Å². The molecule has 1 aromatic carbocycles. The number of aryl methyl sites for hydroxylation is 3. The Balaban J connectivity index is 0.000001000. The molecule has 0 aliphatic heterocycles. The Hall–Kier alpha value is -0.266. The maximum atomic E-state index is 9.33. The summed E-state index contributed by atoms with van der Waals surface area (Å²) in [6, 6.07) is 3.95. The molecule has 0 atom stereocenters. The van der Waals surface area contributed by atoms with E-state index in [-0.39, 0.29) is 21.7 Å². The van der Waals surface area contributed by atoms with Crippen molar-refractivity contribution in [2.75, 3.05) is 0 Å².